The summed E-state index contributed by atoms with van der Waals surface area (Å²) in [5.74, 6) is -2.05. The van der Waals surface area contributed by atoms with Crippen molar-refractivity contribution < 1.29 is 19.8 Å². The lowest BCUT2D eigenvalue weighted by Crippen LogP contribution is -2.41. The summed E-state index contributed by atoms with van der Waals surface area (Å²) in [5, 5.41) is 28.4. The monoisotopic (exact) mass is 413 g/mol. The van der Waals surface area contributed by atoms with Crippen molar-refractivity contribution in [2.75, 3.05) is 5.32 Å². The number of amides is 2. The predicted molar refractivity (Wildman–Crippen MR) is 97.2 cm³/mol. The van der Waals surface area contributed by atoms with Gasteiger partial charge in [-0.3, -0.25) is 9.59 Å². The van der Waals surface area contributed by atoms with Gasteiger partial charge >= 0.3 is 5.91 Å². The zero-order chi connectivity index (χ0) is 18.5. The topological polar surface area (TPSA) is 102 Å². The molecule has 2 amide bonds. The molecule has 8 heteroatoms. The fraction of sp³-hybridized carbons (Fsp3) is 0.0556. The number of aliphatic hydroxyl groups is 2. The Bertz CT molecular complexity index is 1000. The second kappa shape index (κ2) is 5.79. The summed E-state index contributed by atoms with van der Waals surface area (Å²) in [7, 11) is 0. The maximum absolute atomic E-state index is 12.4. The van der Waals surface area contributed by atoms with Crippen LogP contribution in [0.25, 0.3) is 0 Å². The van der Waals surface area contributed by atoms with Crippen LogP contribution >= 0.6 is 15.9 Å². The molecule has 0 saturated heterocycles. The number of fused-ring (bicyclic) bond motifs is 1. The molecule has 7 nitrogen and oxygen atoms in total. The first-order valence-corrected chi connectivity index (χ1v) is 8.43. The molecule has 2 aliphatic heterocycles. The van der Waals surface area contributed by atoms with E-state index in [9.17, 15) is 19.8 Å². The van der Waals surface area contributed by atoms with Gasteiger partial charge in [-0.2, -0.15) is 10.1 Å². The van der Waals surface area contributed by atoms with Gasteiger partial charge in [0.1, 0.15) is 0 Å². The van der Waals surface area contributed by atoms with E-state index >= 15 is 0 Å². The van der Waals surface area contributed by atoms with Crippen molar-refractivity contribution in [1.29, 1.82) is 0 Å². The van der Waals surface area contributed by atoms with E-state index in [2.05, 4.69) is 26.3 Å². The van der Waals surface area contributed by atoms with Gasteiger partial charge < -0.3 is 15.5 Å². The maximum atomic E-state index is 12.4. The van der Waals surface area contributed by atoms with Crippen LogP contribution in [0.5, 0.6) is 0 Å². The van der Waals surface area contributed by atoms with Crippen molar-refractivity contribution in [3.05, 3.63) is 76.0 Å². The summed E-state index contributed by atoms with van der Waals surface area (Å²) in [6, 6.07) is 13.4. The van der Waals surface area contributed by atoms with Gasteiger partial charge in [0.05, 0.1) is 5.69 Å². The van der Waals surface area contributed by atoms with E-state index in [-0.39, 0.29) is 5.71 Å². The largest absolute Gasteiger partial charge is 0.503 e. The molecular weight excluding hydrogens is 402 g/mol. The second-order valence-electron chi connectivity index (χ2n) is 5.83. The molecule has 2 heterocycles. The molecular formula is C18H12BrN3O4. The standard InChI is InChI=1S/C18H12BrN3O4/c19-11-6-7-13-12(8-11)15(16(24)20-13)21-22-17(25)14(23)9-18(22,26)10-4-2-1-3-5-10/h1-9,23,26H,(H,20,21,24)/t18-/m1/s1. The number of anilines is 1. The Balaban J connectivity index is 1.85. The third kappa shape index (κ3) is 2.42. The summed E-state index contributed by atoms with van der Waals surface area (Å²) in [6.45, 7) is 0. The highest BCUT2D eigenvalue weighted by Gasteiger charge is 2.47. The molecule has 0 aromatic heterocycles. The van der Waals surface area contributed by atoms with Crippen molar-refractivity contribution in [2.45, 2.75) is 5.72 Å². The van der Waals surface area contributed by atoms with E-state index in [0.29, 0.717) is 21.8 Å². The number of halogens is 1. The predicted octanol–water partition coefficient (Wildman–Crippen LogP) is 2.23. The van der Waals surface area contributed by atoms with E-state index in [1.54, 1.807) is 48.5 Å². The number of aliphatic hydroxyl groups excluding tert-OH is 1. The van der Waals surface area contributed by atoms with Crippen molar-refractivity contribution in [3.63, 3.8) is 0 Å². The van der Waals surface area contributed by atoms with Crippen LogP contribution in [0, 0.1) is 0 Å². The SMILES string of the molecule is O=C1Nc2ccc(Br)cc2/C1=N/N1C(=O)C(O)=C[C@@]1(O)c1ccccc1. The van der Waals surface area contributed by atoms with Crippen LogP contribution in [0.1, 0.15) is 11.1 Å². The molecule has 2 aromatic rings. The van der Waals surface area contributed by atoms with Crippen LogP contribution in [0.4, 0.5) is 5.69 Å². The van der Waals surface area contributed by atoms with Crippen LogP contribution in [0.15, 0.2) is 69.9 Å². The van der Waals surface area contributed by atoms with E-state index in [0.717, 1.165) is 10.5 Å². The summed E-state index contributed by atoms with van der Waals surface area (Å²) in [4.78, 5) is 24.7. The van der Waals surface area contributed by atoms with Gasteiger partial charge in [-0.05, 0) is 18.2 Å². The molecule has 0 unspecified atom stereocenters. The van der Waals surface area contributed by atoms with Gasteiger partial charge in [-0.25, -0.2) is 0 Å². The second-order valence-corrected chi connectivity index (χ2v) is 6.75. The fourth-order valence-corrected chi connectivity index (χ4v) is 3.27. The smallest absolute Gasteiger partial charge is 0.311 e. The number of hydrogen-bond donors (Lipinski definition) is 3. The molecule has 0 bridgehead atoms. The molecule has 26 heavy (non-hydrogen) atoms. The molecule has 0 saturated carbocycles. The Morgan fingerprint density at radius 3 is 2.58 bits per heavy atom. The van der Waals surface area contributed by atoms with Gasteiger partial charge in [0.15, 0.2) is 11.5 Å². The average molecular weight is 414 g/mol. The molecule has 0 fully saturated rings. The first-order chi connectivity index (χ1) is 12.4. The van der Waals surface area contributed by atoms with Crippen LogP contribution in [0.3, 0.4) is 0 Å². The number of benzene rings is 2. The number of rotatable bonds is 2. The lowest BCUT2D eigenvalue weighted by molar-refractivity contribution is -0.145. The van der Waals surface area contributed by atoms with Gasteiger partial charge in [0.2, 0.25) is 5.72 Å². The van der Waals surface area contributed by atoms with Crippen molar-refractivity contribution >= 4 is 39.1 Å². The zero-order valence-electron chi connectivity index (χ0n) is 13.2. The minimum absolute atomic E-state index is 0.0351. The quantitative estimate of drug-likeness (QED) is 0.702. The molecule has 0 aliphatic carbocycles. The first kappa shape index (κ1) is 16.5. The van der Waals surface area contributed by atoms with Gasteiger partial charge in [0.25, 0.3) is 5.91 Å². The first-order valence-electron chi connectivity index (χ1n) is 7.64. The molecule has 0 spiro atoms. The molecule has 0 radical (unpaired) electrons. The summed E-state index contributed by atoms with van der Waals surface area (Å²) < 4.78 is 0.729. The summed E-state index contributed by atoms with van der Waals surface area (Å²) in [5.41, 5.74) is -0.672. The third-order valence-electron chi connectivity index (χ3n) is 4.17. The number of hydrogen-bond acceptors (Lipinski definition) is 5. The Hall–Kier alpha value is -2.97. The highest BCUT2D eigenvalue weighted by Crippen LogP contribution is 2.36. The number of carbonyl (C=O) groups excluding carboxylic acids is 2. The lowest BCUT2D eigenvalue weighted by Gasteiger charge is -2.29. The molecule has 130 valence electrons. The lowest BCUT2D eigenvalue weighted by atomic mass is 10.0. The van der Waals surface area contributed by atoms with Crippen LogP contribution in [-0.2, 0) is 15.3 Å². The zero-order valence-corrected chi connectivity index (χ0v) is 14.8. The highest BCUT2D eigenvalue weighted by molar-refractivity contribution is 9.10. The molecule has 1 atom stereocenters. The van der Waals surface area contributed by atoms with E-state index in [1.807, 2.05) is 0 Å². The molecule has 4 rings (SSSR count). The van der Waals surface area contributed by atoms with Gasteiger partial charge in [0, 0.05) is 21.7 Å². The third-order valence-corrected chi connectivity index (χ3v) is 4.66. The molecule has 3 N–H and O–H groups in total. The minimum Gasteiger partial charge on any atom is -0.503 e. The average Bonchev–Trinajstić information content (AvgIpc) is 3.05. The number of nitrogens with zero attached hydrogens (tertiary/aromatic N) is 2. The fourth-order valence-electron chi connectivity index (χ4n) is 2.91. The summed E-state index contributed by atoms with van der Waals surface area (Å²) >= 11 is 3.33. The van der Waals surface area contributed by atoms with Crippen molar-refractivity contribution in [2.24, 2.45) is 5.10 Å². The van der Waals surface area contributed by atoms with E-state index in [1.165, 1.54) is 0 Å². The van der Waals surface area contributed by atoms with Gasteiger partial charge in [-0.1, -0.05) is 46.3 Å². The Morgan fingerprint density at radius 2 is 1.85 bits per heavy atom. The van der Waals surface area contributed by atoms with E-state index in [4.69, 9.17) is 0 Å². The van der Waals surface area contributed by atoms with Crippen LogP contribution in [-0.4, -0.2) is 32.7 Å². The number of nitrogens with one attached hydrogen (secondary N) is 1. The number of hydrazone groups is 1. The Morgan fingerprint density at radius 1 is 1.12 bits per heavy atom. The maximum Gasteiger partial charge on any atom is 0.311 e. The highest BCUT2D eigenvalue weighted by atomic mass is 79.9. The van der Waals surface area contributed by atoms with Crippen molar-refractivity contribution in [3.8, 4) is 0 Å². The van der Waals surface area contributed by atoms with Crippen LogP contribution in [0.2, 0.25) is 0 Å². The minimum atomic E-state index is -2.00. The molecule has 2 aliphatic rings. The van der Waals surface area contributed by atoms with Gasteiger partial charge in [-0.15, -0.1) is 0 Å². The Labute approximate surface area is 156 Å². The van der Waals surface area contributed by atoms with Crippen molar-refractivity contribution in [1.82, 2.24) is 5.01 Å². The number of carbonyl (C=O) groups is 2. The molecule has 2 aromatic carbocycles. The Kier molecular flexibility index (Phi) is 3.67. The van der Waals surface area contributed by atoms with E-state index < -0.39 is 23.3 Å². The normalized spacial score (nSPS) is 23.2. The summed E-state index contributed by atoms with van der Waals surface area (Å²) in [6.07, 6.45) is 1.00. The van der Waals surface area contributed by atoms with Crippen LogP contribution < -0.4 is 5.32 Å².